The Morgan fingerprint density at radius 2 is 1.95 bits per heavy atom. The van der Waals surface area contributed by atoms with Crippen LogP contribution in [0.1, 0.15) is 31.9 Å². The van der Waals surface area contributed by atoms with Crippen molar-refractivity contribution in [1.82, 2.24) is 10.3 Å². The van der Waals surface area contributed by atoms with Gasteiger partial charge < -0.3 is 15.4 Å². The third-order valence-corrected chi connectivity index (χ3v) is 3.32. The number of aliphatic hydroxyl groups is 1. The van der Waals surface area contributed by atoms with E-state index in [2.05, 4.69) is 17.2 Å². The van der Waals surface area contributed by atoms with Crippen LogP contribution in [0.3, 0.4) is 0 Å². The van der Waals surface area contributed by atoms with Gasteiger partial charge >= 0.3 is 0 Å². The van der Waals surface area contributed by atoms with Crippen LogP contribution in [0.15, 0.2) is 35.3 Å². The third-order valence-electron chi connectivity index (χ3n) is 3.32. The van der Waals surface area contributed by atoms with Gasteiger partial charge in [0.1, 0.15) is 0 Å². The lowest BCUT2D eigenvalue weighted by molar-refractivity contribution is 0.182. The maximum absolute atomic E-state index is 11.7. The minimum atomic E-state index is -0.299. The van der Waals surface area contributed by atoms with Crippen molar-refractivity contribution in [2.24, 2.45) is 0 Å². The summed E-state index contributed by atoms with van der Waals surface area (Å²) >= 11 is 0. The normalized spacial score (nSPS) is 14.5. The van der Waals surface area contributed by atoms with Crippen LogP contribution in [-0.2, 0) is 0 Å². The molecule has 2 rings (SSSR count). The standard InChI is InChI=1S/C15H20N2O2/c1-10(18)7-8-16-11(2)14-9-17-15(19)13-6-4-3-5-12(13)14/h3-6,9-11,16,18H,7-8H2,1-2H3,(H,17,19)/t10-,11?/m0/s1. The highest BCUT2D eigenvalue weighted by Gasteiger charge is 2.10. The first-order chi connectivity index (χ1) is 9.09. The molecule has 4 heteroatoms. The average Bonchev–Trinajstić information content (AvgIpc) is 2.39. The zero-order chi connectivity index (χ0) is 13.8. The molecule has 0 aliphatic rings. The minimum Gasteiger partial charge on any atom is -0.393 e. The van der Waals surface area contributed by atoms with Gasteiger partial charge in [-0.1, -0.05) is 18.2 Å². The van der Waals surface area contributed by atoms with Gasteiger partial charge in [0.15, 0.2) is 0 Å². The Morgan fingerprint density at radius 3 is 2.63 bits per heavy atom. The van der Waals surface area contributed by atoms with Crippen LogP contribution in [0.5, 0.6) is 0 Å². The molecule has 0 bridgehead atoms. The van der Waals surface area contributed by atoms with Crippen molar-refractivity contribution < 1.29 is 5.11 Å². The van der Waals surface area contributed by atoms with Crippen LogP contribution in [0, 0.1) is 0 Å². The topological polar surface area (TPSA) is 65.1 Å². The number of nitrogens with one attached hydrogen (secondary N) is 2. The van der Waals surface area contributed by atoms with Gasteiger partial charge in [-0.2, -0.15) is 0 Å². The van der Waals surface area contributed by atoms with Crippen molar-refractivity contribution in [1.29, 1.82) is 0 Å². The van der Waals surface area contributed by atoms with Crippen LogP contribution in [-0.4, -0.2) is 22.7 Å². The highest BCUT2D eigenvalue weighted by molar-refractivity contribution is 5.84. The Bertz CT molecular complexity index is 604. The molecule has 1 aromatic heterocycles. The molecular formula is C15H20N2O2. The molecule has 4 nitrogen and oxygen atoms in total. The van der Waals surface area contributed by atoms with Gasteiger partial charge in [0.25, 0.3) is 5.56 Å². The second kappa shape index (κ2) is 5.99. The highest BCUT2D eigenvalue weighted by atomic mass is 16.3. The first kappa shape index (κ1) is 13.8. The minimum absolute atomic E-state index is 0.0597. The molecule has 0 aliphatic heterocycles. The number of benzene rings is 1. The Hall–Kier alpha value is -1.65. The molecule has 102 valence electrons. The van der Waals surface area contributed by atoms with Crippen molar-refractivity contribution in [2.75, 3.05) is 6.54 Å². The predicted octanol–water partition coefficient (Wildman–Crippen LogP) is 1.95. The summed E-state index contributed by atoms with van der Waals surface area (Å²) in [5, 5.41) is 14.3. The Labute approximate surface area is 112 Å². The van der Waals surface area contributed by atoms with E-state index in [0.717, 1.165) is 17.5 Å². The number of pyridine rings is 1. The lowest BCUT2D eigenvalue weighted by Gasteiger charge is -2.16. The molecule has 0 amide bonds. The molecule has 0 fully saturated rings. The molecule has 2 aromatic rings. The summed E-state index contributed by atoms with van der Waals surface area (Å²) in [6, 6.07) is 7.73. The smallest absolute Gasteiger partial charge is 0.255 e. The summed E-state index contributed by atoms with van der Waals surface area (Å²) in [4.78, 5) is 14.5. The fraction of sp³-hybridized carbons (Fsp3) is 0.400. The van der Waals surface area contributed by atoms with Crippen molar-refractivity contribution in [3.8, 4) is 0 Å². The second-order valence-electron chi connectivity index (χ2n) is 4.93. The van der Waals surface area contributed by atoms with Gasteiger partial charge in [-0.3, -0.25) is 4.79 Å². The first-order valence-corrected chi connectivity index (χ1v) is 6.61. The van der Waals surface area contributed by atoms with Gasteiger partial charge in [-0.05, 0) is 43.8 Å². The Balaban J connectivity index is 2.25. The summed E-state index contributed by atoms with van der Waals surface area (Å²) < 4.78 is 0. The van der Waals surface area contributed by atoms with E-state index >= 15 is 0 Å². The molecule has 1 unspecified atom stereocenters. The molecule has 0 radical (unpaired) electrons. The van der Waals surface area contributed by atoms with E-state index in [-0.39, 0.29) is 17.7 Å². The number of aromatic amines is 1. The van der Waals surface area contributed by atoms with E-state index in [0.29, 0.717) is 11.8 Å². The summed E-state index contributed by atoms with van der Waals surface area (Å²) in [7, 11) is 0. The monoisotopic (exact) mass is 260 g/mol. The Morgan fingerprint density at radius 1 is 1.26 bits per heavy atom. The van der Waals surface area contributed by atoms with E-state index in [9.17, 15) is 9.90 Å². The molecule has 1 heterocycles. The largest absolute Gasteiger partial charge is 0.393 e. The van der Waals surface area contributed by atoms with Gasteiger partial charge in [-0.15, -0.1) is 0 Å². The molecule has 0 aliphatic carbocycles. The van der Waals surface area contributed by atoms with Gasteiger partial charge in [-0.25, -0.2) is 0 Å². The molecule has 19 heavy (non-hydrogen) atoms. The lowest BCUT2D eigenvalue weighted by Crippen LogP contribution is -2.23. The van der Waals surface area contributed by atoms with Crippen LogP contribution in [0.4, 0.5) is 0 Å². The van der Waals surface area contributed by atoms with Crippen molar-refractivity contribution in [3.05, 3.63) is 46.4 Å². The molecule has 0 spiro atoms. The van der Waals surface area contributed by atoms with E-state index in [1.54, 1.807) is 13.1 Å². The summed E-state index contributed by atoms with van der Waals surface area (Å²) in [5.74, 6) is 0. The summed E-state index contributed by atoms with van der Waals surface area (Å²) in [5.41, 5.74) is 1.01. The first-order valence-electron chi connectivity index (χ1n) is 6.61. The van der Waals surface area contributed by atoms with Crippen LogP contribution < -0.4 is 10.9 Å². The molecule has 0 saturated carbocycles. The fourth-order valence-corrected chi connectivity index (χ4v) is 2.21. The van der Waals surface area contributed by atoms with E-state index in [4.69, 9.17) is 0 Å². The second-order valence-corrected chi connectivity index (χ2v) is 4.93. The van der Waals surface area contributed by atoms with Crippen LogP contribution in [0.2, 0.25) is 0 Å². The quantitative estimate of drug-likeness (QED) is 0.770. The summed E-state index contributed by atoms with van der Waals surface area (Å²) in [6.07, 6.45) is 2.18. The zero-order valence-electron chi connectivity index (χ0n) is 11.3. The highest BCUT2D eigenvalue weighted by Crippen LogP contribution is 2.20. The number of hydrogen-bond donors (Lipinski definition) is 3. The molecule has 3 N–H and O–H groups in total. The summed E-state index contributed by atoms with van der Waals surface area (Å²) in [6.45, 7) is 4.58. The van der Waals surface area contributed by atoms with Gasteiger partial charge in [0.05, 0.1) is 6.10 Å². The number of rotatable bonds is 5. The number of fused-ring (bicyclic) bond motifs is 1. The SMILES string of the molecule is CC(NCC[C@H](C)O)c1c[nH]c(=O)c2ccccc12. The molecule has 2 atom stereocenters. The lowest BCUT2D eigenvalue weighted by atomic mass is 10.0. The zero-order valence-corrected chi connectivity index (χ0v) is 11.3. The average molecular weight is 260 g/mol. The molecule has 0 saturated heterocycles. The molecular weight excluding hydrogens is 240 g/mol. The van der Waals surface area contributed by atoms with Crippen molar-refractivity contribution >= 4 is 10.8 Å². The van der Waals surface area contributed by atoms with E-state index < -0.39 is 0 Å². The molecule has 1 aromatic carbocycles. The Kier molecular flexibility index (Phi) is 4.35. The van der Waals surface area contributed by atoms with Crippen molar-refractivity contribution in [3.63, 3.8) is 0 Å². The van der Waals surface area contributed by atoms with Crippen molar-refractivity contribution in [2.45, 2.75) is 32.4 Å². The predicted molar refractivity (Wildman–Crippen MR) is 77.3 cm³/mol. The van der Waals surface area contributed by atoms with E-state index in [1.165, 1.54) is 0 Å². The fourth-order valence-electron chi connectivity index (χ4n) is 2.21. The number of aromatic nitrogens is 1. The number of H-pyrrole nitrogens is 1. The maximum Gasteiger partial charge on any atom is 0.255 e. The maximum atomic E-state index is 11.7. The van der Waals surface area contributed by atoms with Crippen LogP contribution >= 0.6 is 0 Å². The van der Waals surface area contributed by atoms with Crippen LogP contribution in [0.25, 0.3) is 10.8 Å². The van der Waals surface area contributed by atoms with Gasteiger partial charge in [0, 0.05) is 17.6 Å². The third kappa shape index (κ3) is 3.22. The number of aliphatic hydroxyl groups excluding tert-OH is 1. The van der Waals surface area contributed by atoms with E-state index in [1.807, 2.05) is 24.3 Å². The number of hydrogen-bond acceptors (Lipinski definition) is 3. The van der Waals surface area contributed by atoms with Gasteiger partial charge in [0.2, 0.25) is 0 Å².